The van der Waals surface area contributed by atoms with Crippen LogP contribution in [0.3, 0.4) is 0 Å². The van der Waals surface area contributed by atoms with E-state index < -0.39 is 17.9 Å². The Morgan fingerprint density at radius 1 is 1.34 bits per heavy atom. The molecule has 1 aliphatic rings. The predicted molar refractivity (Wildman–Crippen MR) is 139 cm³/mol. The van der Waals surface area contributed by atoms with Crippen LogP contribution in [-0.4, -0.2) is 84.9 Å². The number of halogens is 1. The van der Waals surface area contributed by atoms with Crippen LogP contribution in [0.1, 0.15) is 20.4 Å². The molecule has 0 spiro atoms. The number of thiocarbonyl (C=S) groups is 1. The third-order valence-electron chi connectivity index (χ3n) is 5.24. The van der Waals surface area contributed by atoms with Crippen LogP contribution in [0.5, 0.6) is 5.75 Å². The number of carbonyl (C=O) groups is 3. The fraction of sp³-hybridized carbons (Fsp3) is 0.409. The standard InChI is InChI=1S/C22H27ClN6O4S2/c1-28(2)22(32)15(26-19(31)21-27-14-7-8-29(3)11-17(14)35-21)10-24-20(34)18(30)25-12-5-6-13(23)16(9-12)33-4/h5-6,9,15H,7-8,10-11H2,1-4H3,(H,24,34)(H,25,30)(H,26,31). The Labute approximate surface area is 218 Å². The van der Waals surface area contributed by atoms with E-state index in [1.807, 2.05) is 7.05 Å². The summed E-state index contributed by atoms with van der Waals surface area (Å²) in [6.07, 6.45) is 0.778. The van der Waals surface area contributed by atoms with Gasteiger partial charge in [0, 0.05) is 56.8 Å². The normalized spacial score (nSPS) is 13.9. The number of methoxy groups -OCH3 is 1. The molecule has 0 bridgehead atoms. The summed E-state index contributed by atoms with van der Waals surface area (Å²) < 4.78 is 5.14. The molecular weight excluding hydrogens is 512 g/mol. The van der Waals surface area contributed by atoms with Crippen molar-refractivity contribution in [3.05, 3.63) is 38.8 Å². The average Bonchev–Trinajstić information content (AvgIpc) is 3.25. The number of rotatable bonds is 7. The van der Waals surface area contributed by atoms with Crippen LogP contribution >= 0.6 is 35.2 Å². The summed E-state index contributed by atoms with van der Waals surface area (Å²) in [6, 6.07) is 3.80. The Bertz CT molecular complexity index is 1140. The highest BCUT2D eigenvalue weighted by Gasteiger charge is 2.27. The Kier molecular flexibility index (Phi) is 9.00. The molecule has 0 saturated carbocycles. The van der Waals surface area contributed by atoms with E-state index >= 15 is 0 Å². The number of fused-ring (bicyclic) bond motifs is 1. The molecule has 0 fully saturated rings. The molecule has 3 N–H and O–H groups in total. The zero-order valence-electron chi connectivity index (χ0n) is 19.8. The first-order chi connectivity index (χ1) is 16.6. The molecule has 1 aliphatic heterocycles. The number of likely N-dealkylation sites (N-methyl/N-ethyl adjacent to an activating group) is 2. The Morgan fingerprint density at radius 3 is 2.77 bits per heavy atom. The maximum Gasteiger partial charge on any atom is 0.283 e. The van der Waals surface area contributed by atoms with Crippen molar-refractivity contribution in [1.82, 2.24) is 25.4 Å². The lowest BCUT2D eigenvalue weighted by Gasteiger charge is -2.22. The van der Waals surface area contributed by atoms with Gasteiger partial charge in [-0.3, -0.25) is 14.4 Å². The van der Waals surface area contributed by atoms with Gasteiger partial charge in [0.05, 0.1) is 17.8 Å². The third-order valence-corrected chi connectivity index (χ3v) is 6.97. The van der Waals surface area contributed by atoms with Gasteiger partial charge in [0.25, 0.3) is 11.8 Å². The minimum absolute atomic E-state index is 0.0766. The number of thiazole rings is 1. The summed E-state index contributed by atoms with van der Waals surface area (Å²) >= 11 is 12.5. The van der Waals surface area contributed by atoms with Crippen LogP contribution < -0.4 is 20.7 Å². The van der Waals surface area contributed by atoms with Crippen molar-refractivity contribution >= 4 is 63.6 Å². The Hall–Kier alpha value is -2.80. The first kappa shape index (κ1) is 26.8. The zero-order valence-corrected chi connectivity index (χ0v) is 22.2. The van der Waals surface area contributed by atoms with Gasteiger partial charge in [0.15, 0.2) is 10.00 Å². The van der Waals surface area contributed by atoms with E-state index in [1.54, 1.807) is 32.3 Å². The third kappa shape index (κ3) is 6.88. The summed E-state index contributed by atoms with van der Waals surface area (Å²) in [7, 11) is 6.65. The highest BCUT2D eigenvalue weighted by atomic mass is 35.5. The van der Waals surface area contributed by atoms with Gasteiger partial charge < -0.3 is 30.5 Å². The number of carbonyl (C=O) groups excluding carboxylic acids is 3. The quantitative estimate of drug-likeness (QED) is 0.455. The lowest BCUT2D eigenvalue weighted by atomic mass is 10.2. The van der Waals surface area contributed by atoms with Gasteiger partial charge in [-0.1, -0.05) is 23.8 Å². The van der Waals surface area contributed by atoms with E-state index in [9.17, 15) is 14.4 Å². The summed E-state index contributed by atoms with van der Waals surface area (Å²) in [4.78, 5) is 47.0. The molecule has 2 aromatic rings. The minimum atomic E-state index is -0.956. The number of amides is 3. The lowest BCUT2D eigenvalue weighted by Crippen LogP contribution is -2.53. The number of hydrogen-bond acceptors (Lipinski definition) is 8. The second-order valence-electron chi connectivity index (χ2n) is 8.15. The molecular formula is C22H27ClN6O4S2. The molecule has 0 saturated heterocycles. The van der Waals surface area contributed by atoms with Crippen molar-refractivity contribution in [3.8, 4) is 5.75 Å². The van der Waals surface area contributed by atoms with Crippen LogP contribution in [0.25, 0.3) is 0 Å². The summed E-state index contributed by atoms with van der Waals surface area (Å²) in [6.45, 7) is 1.54. The fourth-order valence-corrected chi connectivity index (χ4v) is 4.77. The summed E-state index contributed by atoms with van der Waals surface area (Å²) in [5, 5.41) is 8.83. The van der Waals surface area contributed by atoms with Crippen molar-refractivity contribution in [1.29, 1.82) is 0 Å². The Morgan fingerprint density at radius 2 is 2.09 bits per heavy atom. The monoisotopic (exact) mass is 538 g/mol. The number of benzene rings is 1. The highest BCUT2D eigenvalue weighted by molar-refractivity contribution is 7.82. The number of nitrogens with one attached hydrogen (secondary N) is 3. The van der Waals surface area contributed by atoms with E-state index in [2.05, 4.69) is 25.8 Å². The molecule has 1 aromatic carbocycles. The molecule has 3 rings (SSSR count). The highest BCUT2D eigenvalue weighted by Crippen LogP contribution is 2.27. The van der Waals surface area contributed by atoms with Crippen LogP contribution in [0.15, 0.2) is 18.2 Å². The molecule has 1 atom stereocenters. The van der Waals surface area contributed by atoms with Crippen LogP contribution in [0.4, 0.5) is 5.69 Å². The van der Waals surface area contributed by atoms with Gasteiger partial charge in [0.2, 0.25) is 5.91 Å². The van der Waals surface area contributed by atoms with Crippen LogP contribution in [0.2, 0.25) is 5.02 Å². The van der Waals surface area contributed by atoms with Crippen molar-refractivity contribution in [2.75, 3.05) is 46.7 Å². The largest absolute Gasteiger partial charge is 0.495 e. The number of anilines is 1. The topological polar surface area (TPSA) is 116 Å². The molecule has 2 heterocycles. The number of ether oxygens (including phenoxy) is 1. The van der Waals surface area contributed by atoms with E-state index in [0.29, 0.717) is 21.5 Å². The van der Waals surface area contributed by atoms with E-state index in [0.717, 1.165) is 30.1 Å². The molecule has 0 radical (unpaired) electrons. The van der Waals surface area contributed by atoms with Gasteiger partial charge >= 0.3 is 0 Å². The maximum atomic E-state index is 12.9. The van der Waals surface area contributed by atoms with E-state index in [4.69, 9.17) is 28.6 Å². The van der Waals surface area contributed by atoms with Gasteiger partial charge in [-0.25, -0.2) is 4.98 Å². The molecule has 35 heavy (non-hydrogen) atoms. The van der Waals surface area contributed by atoms with Crippen molar-refractivity contribution in [3.63, 3.8) is 0 Å². The Balaban J connectivity index is 1.63. The van der Waals surface area contributed by atoms with E-state index in [-0.39, 0.29) is 17.4 Å². The first-order valence-corrected chi connectivity index (χ1v) is 12.3. The second kappa shape index (κ2) is 11.8. The zero-order chi connectivity index (χ0) is 25.7. The predicted octanol–water partition coefficient (Wildman–Crippen LogP) is 1.54. The van der Waals surface area contributed by atoms with Crippen LogP contribution in [-0.2, 0) is 22.6 Å². The summed E-state index contributed by atoms with van der Waals surface area (Å²) in [5.41, 5.74) is 1.36. The lowest BCUT2D eigenvalue weighted by molar-refractivity contribution is -0.130. The van der Waals surface area contributed by atoms with Gasteiger partial charge in [-0.2, -0.15) is 0 Å². The van der Waals surface area contributed by atoms with Crippen molar-refractivity contribution < 1.29 is 19.1 Å². The molecule has 3 amide bonds. The molecule has 10 nitrogen and oxygen atoms in total. The van der Waals surface area contributed by atoms with Crippen molar-refractivity contribution in [2.45, 2.75) is 19.0 Å². The average molecular weight is 539 g/mol. The molecule has 1 aromatic heterocycles. The SMILES string of the molecule is COc1cc(NC(=O)C(=S)NCC(NC(=O)c2nc3c(s2)CN(C)CC3)C(=O)N(C)C)ccc1Cl. The first-order valence-electron chi connectivity index (χ1n) is 10.7. The number of aromatic nitrogens is 1. The van der Waals surface area contributed by atoms with Gasteiger partial charge in [-0.15, -0.1) is 11.3 Å². The second-order valence-corrected chi connectivity index (χ2v) is 10.0. The molecule has 1 unspecified atom stereocenters. The summed E-state index contributed by atoms with van der Waals surface area (Å²) in [5.74, 6) is -0.975. The smallest absolute Gasteiger partial charge is 0.283 e. The van der Waals surface area contributed by atoms with Gasteiger partial charge in [-0.05, 0) is 19.2 Å². The van der Waals surface area contributed by atoms with Gasteiger partial charge in [0.1, 0.15) is 11.8 Å². The molecule has 0 aliphatic carbocycles. The van der Waals surface area contributed by atoms with Crippen molar-refractivity contribution in [2.24, 2.45) is 0 Å². The number of nitrogens with zero attached hydrogens (tertiary/aromatic N) is 3. The molecule has 188 valence electrons. The molecule has 13 heteroatoms. The fourth-order valence-electron chi connectivity index (χ4n) is 3.35. The van der Waals surface area contributed by atoms with E-state index in [1.165, 1.54) is 23.3 Å². The minimum Gasteiger partial charge on any atom is -0.495 e. The maximum absolute atomic E-state index is 12.9. The number of hydrogen-bond donors (Lipinski definition) is 3. The van der Waals surface area contributed by atoms with Crippen LogP contribution in [0, 0.1) is 0 Å².